The van der Waals surface area contributed by atoms with Crippen LogP contribution in [0.3, 0.4) is 0 Å². The predicted octanol–water partition coefficient (Wildman–Crippen LogP) is 2.97. The van der Waals surface area contributed by atoms with Gasteiger partial charge in [0, 0.05) is 7.11 Å². The smallest absolute Gasteiger partial charge is 0.137 e. The van der Waals surface area contributed by atoms with Gasteiger partial charge in [0.25, 0.3) is 0 Å². The minimum absolute atomic E-state index is 0.120. The summed E-state index contributed by atoms with van der Waals surface area (Å²) in [5.74, 6) is 5.97. The van der Waals surface area contributed by atoms with Crippen LogP contribution in [-0.2, 0) is 4.74 Å². The van der Waals surface area contributed by atoms with E-state index in [9.17, 15) is 0 Å². The van der Waals surface area contributed by atoms with Crippen LogP contribution >= 0.6 is 0 Å². The molecular formula is C15H14O. The zero-order valence-corrected chi connectivity index (χ0v) is 9.53. The maximum atomic E-state index is 5.26. The van der Waals surface area contributed by atoms with E-state index in [2.05, 4.69) is 43.0 Å². The van der Waals surface area contributed by atoms with Gasteiger partial charge in [-0.1, -0.05) is 41.7 Å². The Bertz CT molecular complexity index is 498. The lowest BCUT2D eigenvalue weighted by molar-refractivity contribution is 0.185. The van der Waals surface area contributed by atoms with Gasteiger partial charge in [-0.3, -0.25) is 0 Å². The van der Waals surface area contributed by atoms with Crippen LogP contribution in [0, 0.1) is 18.8 Å². The molecule has 1 heteroatoms. The van der Waals surface area contributed by atoms with Crippen molar-refractivity contribution in [1.29, 1.82) is 0 Å². The molecule has 0 amide bonds. The maximum Gasteiger partial charge on any atom is 0.137 e. The zero-order chi connectivity index (χ0) is 11.4. The number of ether oxygens (including phenoxy) is 1. The van der Waals surface area contributed by atoms with E-state index in [0.717, 1.165) is 5.57 Å². The largest absolute Gasteiger partial charge is 0.365 e. The first-order valence-electron chi connectivity index (χ1n) is 5.29. The number of rotatable bonds is 2. The summed E-state index contributed by atoms with van der Waals surface area (Å²) in [6, 6.07) is 8.41. The van der Waals surface area contributed by atoms with Gasteiger partial charge >= 0.3 is 0 Å². The van der Waals surface area contributed by atoms with E-state index in [-0.39, 0.29) is 6.10 Å². The average Bonchev–Trinajstić information content (AvgIpc) is 2.54. The van der Waals surface area contributed by atoms with Crippen molar-refractivity contribution < 1.29 is 4.74 Å². The Kier molecular flexibility index (Phi) is 3.24. The molecule has 16 heavy (non-hydrogen) atoms. The summed E-state index contributed by atoms with van der Waals surface area (Å²) in [7, 11) is 1.68. The molecule has 0 saturated carbocycles. The second kappa shape index (κ2) is 4.83. The topological polar surface area (TPSA) is 9.23 Å². The van der Waals surface area contributed by atoms with E-state index < -0.39 is 0 Å². The summed E-state index contributed by atoms with van der Waals surface area (Å²) in [5.41, 5.74) is 3.60. The minimum Gasteiger partial charge on any atom is -0.365 e. The van der Waals surface area contributed by atoms with E-state index in [4.69, 9.17) is 4.74 Å². The summed E-state index contributed by atoms with van der Waals surface area (Å²) < 4.78 is 5.26. The molecule has 0 fully saturated rings. The number of allylic oxidation sites excluding steroid dienone is 3. The molecule has 0 radical (unpaired) electrons. The molecule has 1 unspecified atom stereocenters. The van der Waals surface area contributed by atoms with Crippen molar-refractivity contribution in [2.24, 2.45) is 0 Å². The molecule has 0 spiro atoms. The average molecular weight is 210 g/mol. The van der Waals surface area contributed by atoms with Crippen LogP contribution in [0.25, 0.3) is 5.57 Å². The van der Waals surface area contributed by atoms with Crippen molar-refractivity contribution in [1.82, 2.24) is 0 Å². The highest BCUT2D eigenvalue weighted by Gasteiger charge is 2.05. The van der Waals surface area contributed by atoms with E-state index >= 15 is 0 Å². The molecule has 0 aromatic heterocycles. The van der Waals surface area contributed by atoms with Crippen molar-refractivity contribution in [2.75, 3.05) is 7.11 Å². The van der Waals surface area contributed by atoms with Crippen LogP contribution in [0.4, 0.5) is 0 Å². The van der Waals surface area contributed by atoms with Gasteiger partial charge in [0.2, 0.25) is 0 Å². The number of aryl methyl sites for hydroxylation is 1. The number of hydrogen-bond acceptors (Lipinski definition) is 1. The van der Waals surface area contributed by atoms with Gasteiger partial charge in [-0.05, 0) is 36.3 Å². The fourth-order valence-corrected chi connectivity index (χ4v) is 1.67. The second-order valence-electron chi connectivity index (χ2n) is 3.77. The van der Waals surface area contributed by atoms with Crippen molar-refractivity contribution in [3.8, 4) is 11.8 Å². The van der Waals surface area contributed by atoms with E-state index in [1.807, 2.05) is 18.2 Å². The monoisotopic (exact) mass is 210 g/mol. The molecule has 1 aromatic rings. The quantitative estimate of drug-likeness (QED) is 0.682. The Morgan fingerprint density at radius 3 is 2.94 bits per heavy atom. The lowest BCUT2D eigenvalue weighted by Gasteiger charge is -2.06. The standard InChI is InChI=1S/C15H14O/c1-12-6-5-8-13(10-12)14-7-3-4-9-15(11-14)16-2/h3,5-8,10-11,15H,1-2H3. The number of methoxy groups -OCH3 is 1. The highest BCUT2D eigenvalue weighted by Crippen LogP contribution is 2.19. The van der Waals surface area contributed by atoms with Gasteiger partial charge in [-0.15, -0.1) is 0 Å². The zero-order valence-electron chi connectivity index (χ0n) is 9.53. The van der Waals surface area contributed by atoms with Crippen molar-refractivity contribution >= 4 is 5.57 Å². The summed E-state index contributed by atoms with van der Waals surface area (Å²) in [4.78, 5) is 0. The number of benzene rings is 1. The van der Waals surface area contributed by atoms with Crippen molar-refractivity contribution in [3.63, 3.8) is 0 Å². The molecule has 0 heterocycles. The molecule has 0 saturated heterocycles. The van der Waals surface area contributed by atoms with Crippen LogP contribution in [0.1, 0.15) is 11.1 Å². The molecule has 2 rings (SSSR count). The molecule has 0 bridgehead atoms. The molecular weight excluding hydrogens is 196 g/mol. The van der Waals surface area contributed by atoms with Gasteiger partial charge in [0.05, 0.1) is 0 Å². The SMILES string of the molecule is COC1C#CC=CC(c2cccc(C)c2)=C1. The first-order chi connectivity index (χ1) is 7.79. The Morgan fingerprint density at radius 1 is 1.31 bits per heavy atom. The molecule has 1 nitrogen and oxygen atoms in total. The summed E-state index contributed by atoms with van der Waals surface area (Å²) >= 11 is 0. The molecule has 1 aliphatic rings. The summed E-state index contributed by atoms with van der Waals surface area (Å²) in [6.45, 7) is 2.09. The van der Waals surface area contributed by atoms with Gasteiger partial charge in [-0.25, -0.2) is 0 Å². The van der Waals surface area contributed by atoms with Gasteiger partial charge < -0.3 is 4.74 Å². The Morgan fingerprint density at radius 2 is 2.19 bits per heavy atom. The Balaban J connectivity index is 2.37. The molecule has 0 aliphatic heterocycles. The highest BCUT2D eigenvalue weighted by atomic mass is 16.5. The fourth-order valence-electron chi connectivity index (χ4n) is 1.67. The van der Waals surface area contributed by atoms with Gasteiger partial charge in [0.15, 0.2) is 0 Å². The molecule has 80 valence electrons. The highest BCUT2D eigenvalue weighted by molar-refractivity contribution is 5.76. The molecule has 1 atom stereocenters. The third kappa shape index (κ3) is 2.42. The minimum atomic E-state index is -0.120. The van der Waals surface area contributed by atoms with Gasteiger partial charge in [-0.2, -0.15) is 0 Å². The molecule has 1 aromatic carbocycles. The third-order valence-electron chi connectivity index (χ3n) is 2.51. The van der Waals surface area contributed by atoms with E-state index in [1.165, 1.54) is 11.1 Å². The van der Waals surface area contributed by atoms with Crippen molar-refractivity contribution in [3.05, 3.63) is 53.6 Å². The first kappa shape index (κ1) is 10.7. The van der Waals surface area contributed by atoms with Gasteiger partial charge in [0.1, 0.15) is 6.10 Å². The fraction of sp³-hybridized carbons (Fsp3) is 0.200. The van der Waals surface area contributed by atoms with Crippen LogP contribution in [0.15, 0.2) is 42.5 Å². The van der Waals surface area contributed by atoms with Crippen LogP contribution < -0.4 is 0 Å². The molecule has 0 N–H and O–H groups in total. The summed E-state index contributed by atoms with van der Waals surface area (Å²) in [5, 5.41) is 0. The van der Waals surface area contributed by atoms with E-state index in [1.54, 1.807) is 7.11 Å². The molecule has 1 aliphatic carbocycles. The Labute approximate surface area is 96.4 Å². The van der Waals surface area contributed by atoms with Crippen molar-refractivity contribution in [2.45, 2.75) is 13.0 Å². The second-order valence-corrected chi connectivity index (χ2v) is 3.77. The van der Waals surface area contributed by atoms with E-state index in [0.29, 0.717) is 0 Å². The number of hydrogen-bond donors (Lipinski definition) is 0. The normalized spacial score (nSPS) is 18.4. The van der Waals surface area contributed by atoms with Crippen LogP contribution in [-0.4, -0.2) is 13.2 Å². The van der Waals surface area contributed by atoms with Crippen LogP contribution in [0.2, 0.25) is 0 Å². The lowest BCUT2D eigenvalue weighted by atomic mass is 10.0. The maximum absolute atomic E-state index is 5.26. The van der Waals surface area contributed by atoms with Crippen LogP contribution in [0.5, 0.6) is 0 Å². The first-order valence-corrected chi connectivity index (χ1v) is 5.29. The summed E-state index contributed by atoms with van der Waals surface area (Å²) in [6.07, 6.45) is 5.82. The Hall–Kier alpha value is -1.78. The lowest BCUT2D eigenvalue weighted by Crippen LogP contribution is -2.03. The predicted molar refractivity (Wildman–Crippen MR) is 66.9 cm³/mol. The third-order valence-corrected chi connectivity index (χ3v) is 2.51.